The van der Waals surface area contributed by atoms with Crippen molar-refractivity contribution in [1.82, 2.24) is 0 Å². The first kappa shape index (κ1) is 41.2. The molecule has 12 heteroatoms. The summed E-state index contributed by atoms with van der Waals surface area (Å²) in [6.45, 7) is 1.73. The number of hydrogen-bond donors (Lipinski definition) is 1. The molecular formula is C45H49O10S2+. The summed E-state index contributed by atoms with van der Waals surface area (Å²) < 4.78 is 70.8. The van der Waals surface area contributed by atoms with Crippen LogP contribution in [-0.4, -0.2) is 73.0 Å². The van der Waals surface area contributed by atoms with Crippen LogP contribution < -0.4 is 0 Å². The van der Waals surface area contributed by atoms with Crippen LogP contribution in [0.1, 0.15) is 27.8 Å². The summed E-state index contributed by atoms with van der Waals surface area (Å²) in [7, 11) is -5.18. The molecule has 0 aromatic heterocycles. The van der Waals surface area contributed by atoms with Crippen LogP contribution in [0.5, 0.6) is 0 Å². The van der Waals surface area contributed by atoms with E-state index in [4.69, 9.17) is 28.4 Å². The van der Waals surface area contributed by atoms with Crippen molar-refractivity contribution in [2.45, 2.75) is 74.2 Å². The van der Waals surface area contributed by atoms with E-state index in [1.807, 2.05) is 152 Å². The van der Waals surface area contributed by atoms with Crippen LogP contribution in [0.25, 0.3) is 0 Å². The second kappa shape index (κ2) is 20.7. The predicted molar refractivity (Wildman–Crippen MR) is 218 cm³/mol. The van der Waals surface area contributed by atoms with Gasteiger partial charge in [-0.1, -0.05) is 152 Å². The maximum atomic E-state index is 13.7. The molecule has 2 aliphatic rings. The van der Waals surface area contributed by atoms with Gasteiger partial charge in [0, 0.05) is 10.9 Å². The Bertz CT molecular complexity index is 2010. The zero-order chi connectivity index (χ0) is 39.3. The molecule has 300 valence electrons. The molecule has 10 nitrogen and oxygen atoms in total. The minimum Gasteiger partial charge on any atom is -0.371 e. The summed E-state index contributed by atoms with van der Waals surface area (Å²) in [5.41, 5.74) is 4.82. The van der Waals surface area contributed by atoms with E-state index in [9.17, 15) is 13.7 Å². The van der Waals surface area contributed by atoms with E-state index in [-0.39, 0.29) is 36.4 Å². The Morgan fingerprint density at radius 2 is 0.982 bits per heavy atom. The highest BCUT2D eigenvalue weighted by Gasteiger charge is 2.60. The number of ether oxygens (including phenoxy) is 6. The smallest absolute Gasteiger partial charge is 0.301 e. The summed E-state index contributed by atoms with van der Waals surface area (Å²) in [5.74, 6) is 0.850. The summed E-state index contributed by atoms with van der Waals surface area (Å²) >= 11 is 0. The van der Waals surface area contributed by atoms with E-state index < -0.39 is 44.8 Å². The molecule has 5 aromatic rings. The summed E-state index contributed by atoms with van der Waals surface area (Å²) in [4.78, 5) is 0. The Hall–Kier alpha value is -3.92. The Balaban J connectivity index is 1.18. The molecular weight excluding hydrogens is 765 g/mol. The highest BCUT2D eigenvalue weighted by Crippen LogP contribution is 2.37. The van der Waals surface area contributed by atoms with Crippen LogP contribution >= 0.6 is 0 Å². The van der Waals surface area contributed by atoms with Crippen molar-refractivity contribution in [3.63, 3.8) is 0 Å². The van der Waals surface area contributed by atoms with Gasteiger partial charge in [0.15, 0.2) is 16.8 Å². The zero-order valence-electron chi connectivity index (χ0n) is 31.6. The van der Waals surface area contributed by atoms with Crippen molar-refractivity contribution in [3.05, 3.63) is 179 Å². The highest BCUT2D eigenvalue weighted by molar-refractivity contribution is 7.98. The van der Waals surface area contributed by atoms with Crippen LogP contribution in [0.15, 0.2) is 152 Å². The Labute approximate surface area is 338 Å². The van der Waals surface area contributed by atoms with Gasteiger partial charge >= 0.3 is 10.1 Å². The summed E-state index contributed by atoms with van der Waals surface area (Å²) in [5, 5.41) is 8.26. The van der Waals surface area contributed by atoms with E-state index in [1.165, 1.54) is 0 Å². The Morgan fingerprint density at radius 1 is 0.561 bits per heavy atom. The summed E-state index contributed by atoms with van der Waals surface area (Å²) in [6, 6.07) is 48.9. The molecule has 1 N–H and O–H groups in total. The second-order valence-electron chi connectivity index (χ2n) is 14.1. The van der Waals surface area contributed by atoms with Crippen molar-refractivity contribution in [2.24, 2.45) is 0 Å². The van der Waals surface area contributed by atoms with Crippen LogP contribution in [0.4, 0.5) is 0 Å². The first-order valence-electron chi connectivity index (χ1n) is 19.1. The monoisotopic (exact) mass is 813 g/mol. The molecule has 2 saturated heterocycles. The molecule has 0 spiro atoms. The average Bonchev–Trinajstić information content (AvgIpc) is 3.78. The molecule has 2 aliphatic heterocycles. The van der Waals surface area contributed by atoms with Gasteiger partial charge < -0.3 is 28.4 Å². The molecule has 2 heterocycles. The van der Waals surface area contributed by atoms with E-state index >= 15 is 0 Å². The van der Waals surface area contributed by atoms with E-state index in [0.717, 1.165) is 27.8 Å². The standard InChI is InChI=1S/C45H48O10S2/c46-55-57(47,48)44-40(54-45(53-30-38-24-14-5-15-25-38)43(44)52-29-37-22-12-4-13-23-37)33-56-32-39(50-27-35-18-8-2-9-19-35)42(51-28-36-20-10-3-11-21-36)41(56)31-49-26-34-16-6-1-7-17-34/h1-25,39-45H,26-33H2/p+1/t39-,40-,41-,42+,43-,44+,45+,56?/m1/s1. The fourth-order valence-corrected chi connectivity index (χ4v) is 11.5. The molecule has 5 aromatic carbocycles. The largest absolute Gasteiger partial charge is 0.371 e. The quantitative estimate of drug-likeness (QED) is 0.0496. The SMILES string of the molecule is O=S(=O)(OO)[C@@H]1[C@@H](OCc2ccccc2)[C@@H](OCc2ccccc2)O[C@@H]1C[S+]1C[C@@H](OCc2ccccc2)[C@H](OCc2ccccc2)[C@H]1COCc1ccccc1. The number of rotatable bonds is 20. The molecule has 0 radical (unpaired) electrons. The molecule has 0 bridgehead atoms. The summed E-state index contributed by atoms with van der Waals surface area (Å²) in [6.07, 6.45) is -3.88. The maximum Gasteiger partial charge on any atom is 0.301 e. The Kier molecular flexibility index (Phi) is 15.0. The third-order valence-electron chi connectivity index (χ3n) is 10.2. The maximum absolute atomic E-state index is 13.7. The van der Waals surface area contributed by atoms with Gasteiger partial charge in [-0.25, -0.2) is 5.26 Å². The molecule has 7 rings (SSSR count). The first-order valence-corrected chi connectivity index (χ1v) is 22.2. The third kappa shape index (κ3) is 11.4. The molecule has 57 heavy (non-hydrogen) atoms. The van der Waals surface area contributed by atoms with Crippen LogP contribution in [0.3, 0.4) is 0 Å². The number of hydrogen-bond acceptors (Lipinski definition) is 10. The van der Waals surface area contributed by atoms with Crippen LogP contribution in [-0.2, 0) is 86.8 Å². The lowest BCUT2D eigenvalue weighted by atomic mass is 10.1. The van der Waals surface area contributed by atoms with Crippen molar-refractivity contribution in [2.75, 3.05) is 18.1 Å². The molecule has 1 unspecified atom stereocenters. The molecule has 0 aliphatic carbocycles. The third-order valence-corrected chi connectivity index (χ3v) is 14.4. The van der Waals surface area contributed by atoms with Crippen molar-refractivity contribution in [1.29, 1.82) is 0 Å². The topological polar surface area (TPSA) is 119 Å². The van der Waals surface area contributed by atoms with Gasteiger partial charge in [-0.05, 0) is 27.8 Å². The fourth-order valence-electron chi connectivity index (χ4n) is 7.28. The van der Waals surface area contributed by atoms with Gasteiger partial charge in [0.2, 0.25) is 0 Å². The van der Waals surface area contributed by atoms with Crippen LogP contribution in [0.2, 0.25) is 0 Å². The lowest BCUT2D eigenvalue weighted by molar-refractivity contribution is -0.182. The van der Waals surface area contributed by atoms with Gasteiger partial charge in [0.05, 0.1) is 39.6 Å². The normalized spacial score (nSPS) is 24.8. The lowest BCUT2D eigenvalue weighted by Gasteiger charge is -2.24. The first-order chi connectivity index (χ1) is 28.0. The molecule has 0 saturated carbocycles. The Morgan fingerprint density at radius 3 is 1.46 bits per heavy atom. The van der Waals surface area contributed by atoms with Gasteiger partial charge in [0.1, 0.15) is 35.9 Å². The van der Waals surface area contributed by atoms with Gasteiger partial charge in [-0.3, -0.25) is 0 Å². The van der Waals surface area contributed by atoms with Gasteiger partial charge in [0.25, 0.3) is 0 Å². The average molecular weight is 814 g/mol. The number of benzene rings is 5. The van der Waals surface area contributed by atoms with Gasteiger partial charge in [-0.2, -0.15) is 8.42 Å². The van der Waals surface area contributed by atoms with E-state index in [1.54, 1.807) is 0 Å². The minimum atomic E-state index is -4.61. The van der Waals surface area contributed by atoms with Crippen LogP contribution in [0, 0.1) is 0 Å². The zero-order valence-corrected chi connectivity index (χ0v) is 33.2. The molecule has 8 atom stereocenters. The lowest BCUT2D eigenvalue weighted by Crippen LogP contribution is -2.46. The van der Waals surface area contributed by atoms with Crippen molar-refractivity contribution < 1.29 is 46.4 Å². The molecule has 0 amide bonds. The van der Waals surface area contributed by atoms with E-state index in [2.05, 4.69) is 4.33 Å². The van der Waals surface area contributed by atoms with Crippen molar-refractivity contribution in [3.8, 4) is 0 Å². The predicted octanol–water partition coefficient (Wildman–Crippen LogP) is 7.09. The van der Waals surface area contributed by atoms with Gasteiger partial charge in [-0.15, -0.1) is 4.33 Å². The second-order valence-corrected chi connectivity index (χ2v) is 18.2. The van der Waals surface area contributed by atoms with Crippen molar-refractivity contribution >= 4 is 21.0 Å². The molecule has 2 fully saturated rings. The van der Waals surface area contributed by atoms with E-state index in [0.29, 0.717) is 32.2 Å². The fraction of sp³-hybridized carbons (Fsp3) is 0.333. The highest BCUT2D eigenvalue weighted by atomic mass is 32.2. The minimum absolute atomic E-state index is 0.0939.